The Morgan fingerprint density at radius 3 is 2.76 bits per heavy atom. The molecule has 1 saturated heterocycles. The molecule has 0 saturated carbocycles. The van der Waals surface area contributed by atoms with Crippen LogP contribution in [0.3, 0.4) is 0 Å². The van der Waals surface area contributed by atoms with Crippen LogP contribution in [0.25, 0.3) is 11.5 Å². The van der Waals surface area contributed by atoms with E-state index in [0.717, 1.165) is 47.9 Å². The standard InChI is InChI=1S/C23H24N2O4/c1-16-20(15-25-13-7-12-21(25)23(26)27-2)24-22(28-16)17-8-6-11-19(14-17)29-18-9-4-3-5-10-18/h3-6,8-11,14,21H,7,12-13,15H2,1-2H3/t21-/m0/s1. The number of rotatable bonds is 6. The summed E-state index contributed by atoms with van der Waals surface area (Å²) in [5.74, 6) is 2.61. The zero-order chi connectivity index (χ0) is 20.2. The molecular formula is C23H24N2O4. The van der Waals surface area contributed by atoms with Gasteiger partial charge in [0.25, 0.3) is 0 Å². The Hall–Kier alpha value is -3.12. The van der Waals surface area contributed by atoms with E-state index >= 15 is 0 Å². The monoisotopic (exact) mass is 392 g/mol. The molecule has 6 nitrogen and oxygen atoms in total. The molecule has 1 aliphatic heterocycles. The predicted octanol–water partition coefficient (Wildman–Crippen LogP) is 4.58. The summed E-state index contributed by atoms with van der Waals surface area (Å²) in [5.41, 5.74) is 1.68. The van der Waals surface area contributed by atoms with Crippen molar-refractivity contribution in [3.8, 4) is 23.0 Å². The summed E-state index contributed by atoms with van der Waals surface area (Å²) in [5, 5.41) is 0. The van der Waals surface area contributed by atoms with Crippen LogP contribution in [-0.4, -0.2) is 35.5 Å². The highest BCUT2D eigenvalue weighted by Gasteiger charge is 2.32. The van der Waals surface area contributed by atoms with Crippen molar-refractivity contribution < 1.29 is 18.7 Å². The molecule has 0 spiro atoms. The zero-order valence-electron chi connectivity index (χ0n) is 16.6. The second kappa shape index (κ2) is 8.49. The second-order valence-electron chi connectivity index (χ2n) is 7.12. The van der Waals surface area contributed by atoms with Crippen molar-refractivity contribution in [1.29, 1.82) is 0 Å². The number of nitrogens with zero attached hydrogens (tertiary/aromatic N) is 2. The van der Waals surface area contributed by atoms with Crippen LogP contribution >= 0.6 is 0 Å². The normalized spacial score (nSPS) is 16.7. The molecule has 150 valence electrons. The van der Waals surface area contributed by atoms with Crippen molar-refractivity contribution >= 4 is 5.97 Å². The average molecular weight is 392 g/mol. The van der Waals surface area contributed by atoms with E-state index < -0.39 is 0 Å². The lowest BCUT2D eigenvalue weighted by Gasteiger charge is -2.21. The predicted molar refractivity (Wildman–Crippen MR) is 109 cm³/mol. The number of oxazole rings is 1. The number of aryl methyl sites for hydroxylation is 1. The fraction of sp³-hybridized carbons (Fsp3) is 0.304. The molecule has 1 atom stereocenters. The van der Waals surface area contributed by atoms with Gasteiger partial charge in [-0.1, -0.05) is 24.3 Å². The molecule has 1 aliphatic rings. The molecular weight excluding hydrogens is 368 g/mol. The van der Waals surface area contributed by atoms with Gasteiger partial charge in [-0.25, -0.2) is 4.98 Å². The number of likely N-dealkylation sites (tertiary alicyclic amines) is 1. The maximum Gasteiger partial charge on any atom is 0.323 e. The first-order valence-corrected chi connectivity index (χ1v) is 9.75. The molecule has 1 aromatic heterocycles. The van der Waals surface area contributed by atoms with Gasteiger partial charge in [-0.2, -0.15) is 0 Å². The summed E-state index contributed by atoms with van der Waals surface area (Å²) in [6.07, 6.45) is 1.79. The average Bonchev–Trinajstić information content (AvgIpc) is 3.35. The third kappa shape index (κ3) is 4.32. The number of carbonyl (C=O) groups excluding carboxylic acids is 1. The first-order valence-electron chi connectivity index (χ1n) is 9.75. The molecule has 0 unspecified atom stereocenters. The smallest absolute Gasteiger partial charge is 0.323 e. The van der Waals surface area contributed by atoms with E-state index in [2.05, 4.69) is 4.90 Å². The summed E-state index contributed by atoms with van der Waals surface area (Å²) in [4.78, 5) is 18.8. The third-order valence-corrected chi connectivity index (χ3v) is 5.14. The maximum absolute atomic E-state index is 12.0. The van der Waals surface area contributed by atoms with E-state index in [4.69, 9.17) is 18.9 Å². The van der Waals surface area contributed by atoms with Crippen LogP contribution in [0.4, 0.5) is 0 Å². The number of carbonyl (C=O) groups is 1. The van der Waals surface area contributed by atoms with Crippen LogP contribution < -0.4 is 4.74 Å². The highest BCUT2D eigenvalue weighted by molar-refractivity contribution is 5.76. The van der Waals surface area contributed by atoms with Crippen molar-refractivity contribution in [1.82, 2.24) is 9.88 Å². The summed E-state index contributed by atoms with van der Waals surface area (Å²) in [7, 11) is 1.43. The molecule has 0 aliphatic carbocycles. The summed E-state index contributed by atoms with van der Waals surface area (Å²) in [6.45, 7) is 3.32. The van der Waals surface area contributed by atoms with E-state index in [1.807, 2.05) is 61.5 Å². The van der Waals surface area contributed by atoms with Gasteiger partial charge in [0, 0.05) is 12.1 Å². The third-order valence-electron chi connectivity index (χ3n) is 5.14. The van der Waals surface area contributed by atoms with Gasteiger partial charge in [0.05, 0.1) is 12.8 Å². The van der Waals surface area contributed by atoms with Gasteiger partial charge in [0.2, 0.25) is 5.89 Å². The van der Waals surface area contributed by atoms with Crippen molar-refractivity contribution in [2.45, 2.75) is 32.4 Å². The fourth-order valence-corrected chi connectivity index (χ4v) is 3.63. The summed E-state index contributed by atoms with van der Waals surface area (Å²) >= 11 is 0. The SMILES string of the molecule is COC(=O)[C@@H]1CCCN1Cc1nc(-c2cccc(Oc3ccccc3)c2)oc1C. The Morgan fingerprint density at radius 1 is 1.17 bits per heavy atom. The van der Waals surface area contributed by atoms with Gasteiger partial charge in [-0.15, -0.1) is 0 Å². The number of ether oxygens (including phenoxy) is 2. The minimum Gasteiger partial charge on any atom is -0.468 e. The van der Waals surface area contributed by atoms with Gasteiger partial charge in [-0.05, 0) is 56.6 Å². The van der Waals surface area contributed by atoms with Crippen molar-refractivity contribution in [3.05, 3.63) is 66.1 Å². The molecule has 4 rings (SSSR count). The van der Waals surface area contributed by atoms with Gasteiger partial charge in [0.15, 0.2) is 0 Å². The van der Waals surface area contributed by atoms with Gasteiger partial charge < -0.3 is 13.9 Å². The number of hydrogen-bond acceptors (Lipinski definition) is 6. The number of para-hydroxylation sites is 1. The first-order chi connectivity index (χ1) is 14.1. The lowest BCUT2D eigenvalue weighted by molar-refractivity contribution is -0.146. The first kappa shape index (κ1) is 19.2. The van der Waals surface area contributed by atoms with E-state index in [1.54, 1.807) is 0 Å². The van der Waals surface area contributed by atoms with E-state index in [-0.39, 0.29) is 12.0 Å². The Bertz CT molecular complexity index is 984. The van der Waals surface area contributed by atoms with Crippen LogP contribution in [0.1, 0.15) is 24.3 Å². The van der Waals surface area contributed by atoms with E-state index in [0.29, 0.717) is 12.4 Å². The van der Waals surface area contributed by atoms with Crippen molar-refractivity contribution in [3.63, 3.8) is 0 Å². The largest absolute Gasteiger partial charge is 0.468 e. The number of methoxy groups -OCH3 is 1. The number of aromatic nitrogens is 1. The minimum absolute atomic E-state index is 0.186. The number of benzene rings is 2. The molecule has 1 fully saturated rings. The molecule has 0 radical (unpaired) electrons. The molecule has 2 aromatic carbocycles. The van der Waals surface area contributed by atoms with Gasteiger partial charge in [-0.3, -0.25) is 9.69 Å². The zero-order valence-corrected chi connectivity index (χ0v) is 16.6. The summed E-state index contributed by atoms with van der Waals surface area (Å²) < 4.78 is 16.8. The molecule has 0 N–H and O–H groups in total. The lowest BCUT2D eigenvalue weighted by atomic mass is 10.2. The molecule has 29 heavy (non-hydrogen) atoms. The van der Waals surface area contributed by atoms with Gasteiger partial charge >= 0.3 is 5.97 Å². The number of esters is 1. The Balaban J connectivity index is 1.52. The van der Waals surface area contributed by atoms with Crippen LogP contribution in [0.5, 0.6) is 11.5 Å². The van der Waals surface area contributed by atoms with Crippen LogP contribution in [-0.2, 0) is 16.1 Å². The van der Waals surface area contributed by atoms with E-state index in [1.165, 1.54) is 7.11 Å². The highest BCUT2D eigenvalue weighted by Crippen LogP contribution is 2.29. The topological polar surface area (TPSA) is 64.8 Å². The van der Waals surface area contributed by atoms with Crippen LogP contribution in [0.2, 0.25) is 0 Å². The van der Waals surface area contributed by atoms with Crippen molar-refractivity contribution in [2.75, 3.05) is 13.7 Å². The quantitative estimate of drug-likeness (QED) is 0.572. The molecule has 2 heterocycles. The Morgan fingerprint density at radius 2 is 1.97 bits per heavy atom. The van der Waals surface area contributed by atoms with E-state index in [9.17, 15) is 4.79 Å². The fourth-order valence-electron chi connectivity index (χ4n) is 3.63. The minimum atomic E-state index is -0.206. The molecule has 0 bridgehead atoms. The van der Waals surface area contributed by atoms with Crippen molar-refractivity contribution in [2.24, 2.45) is 0 Å². The lowest BCUT2D eigenvalue weighted by Crippen LogP contribution is -2.36. The Kier molecular flexibility index (Phi) is 5.62. The Labute approximate surface area is 170 Å². The summed E-state index contributed by atoms with van der Waals surface area (Å²) in [6, 6.07) is 17.1. The number of hydrogen-bond donors (Lipinski definition) is 0. The van der Waals surface area contributed by atoms with Crippen LogP contribution in [0, 0.1) is 6.92 Å². The second-order valence-corrected chi connectivity index (χ2v) is 7.12. The molecule has 6 heteroatoms. The van der Waals surface area contributed by atoms with Crippen LogP contribution in [0.15, 0.2) is 59.0 Å². The van der Waals surface area contributed by atoms with Gasteiger partial charge in [0.1, 0.15) is 23.3 Å². The molecule has 0 amide bonds. The highest BCUT2D eigenvalue weighted by atomic mass is 16.5. The molecule has 3 aromatic rings. The maximum atomic E-state index is 12.0.